The molecule has 72 valence electrons. The fourth-order valence-corrected chi connectivity index (χ4v) is 1.80. The van der Waals surface area contributed by atoms with E-state index in [1.165, 1.54) is 0 Å². The van der Waals surface area contributed by atoms with Crippen LogP contribution >= 0.6 is 0 Å². The van der Waals surface area contributed by atoms with Crippen molar-refractivity contribution in [3.63, 3.8) is 0 Å². The van der Waals surface area contributed by atoms with Crippen molar-refractivity contribution in [3.05, 3.63) is 18.0 Å². The summed E-state index contributed by atoms with van der Waals surface area (Å²) in [6.07, 6.45) is 6.84. The molecule has 0 bridgehead atoms. The topological polar surface area (TPSA) is 38.1 Å². The number of hydrogen-bond acceptors (Lipinski definition) is 2. The van der Waals surface area contributed by atoms with E-state index in [0.717, 1.165) is 12.2 Å². The van der Waals surface area contributed by atoms with Crippen LogP contribution in [0.2, 0.25) is 0 Å². The molecular weight excluding hydrogens is 178 g/mol. The lowest BCUT2D eigenvalue weighted by Gasteiger charge is -2.32. The van der Waals surface area contributed by atoms with E-state index < -0.39 is 0 Å². The molecule has 0 fully saturated rings. The molecule has 1 aromatic heterocycles. The third-order valence-electron chi connectivity index (χ3n) is 2.58. The zero-order chi connectivity index (χ0) is 10.1. The number of nitrogens with zero attached hydrogens (tertiary/aromatic N) is 3. The average molecular weight is 189 g/mol. The largest absolute Gasteiger partial charge is 0.322 e. The second-order valence-electron chi connectivity index (χ2n) is 3.30. The molecule has 0 saturated heterocycles. The Morgan fingerprint density at radius 3 is 3.21 bits per heavy atom. The summed E-state index contributed by atoms with van der Waals surface area (Å²) < 4.78 is 1.91. The number of rotatable bonds is 0. The molecule has 4 heteroatoms. The van der Waals surface area contributed by atoms with Gasteiger partial charge in [-0.05, 0) is 18.9 Å². The van der Waals surface area contributed by atoms with Crippen molar-refractivity contribution >= 4 is 5.91 Å². The standard InChI is InChI=1S/C10H11N3O/c1-3-10(14)12-6-7-13-9(8(12)2)4-5-11-13/h1,4-5,8H,6-7H2,2H3. The maximum Gasteiger partial charge on any atom is 0.298 e. The first-order valence-electron chi connectivity index (χ1n) is 4.53. The fourth-order valence-electron chi connectivity index (χ4n) is 1.80. The third kappa shape index (κ3) is 1.18. The van der Waals surface area contributed by atoms with Gasteiger partial charge in [-0.2, -0.15) is 5.10 Å². The van der Waals surface area contributed by atoms with Crippen LogP contribution in [0.5, 0.6) is 0 Å². The van der Waals surface area contributed by atoms with Crippen LogP contribution in [0.15, 0.2) is 12.3 Å². The van der Waals surface area contributed by atoms with Gasteiger partial charge in [0.1, 0.15) is 0 Å². The quantitative estimate of drug-likeness (QED) is 0.555. The van der Waals surface area contributed by atoms with Crippen LogP contribution in [0.3, 0.4) is 0 Å². The highest BCUT2D eigenvalue weighted by Gasteiger charge is 2.26. The van der Waals surface area contributed by atoms with Gasteiger partial charge in [0.15, 0.2) is 0 Å². The molecule has 1 aromatic rings. The number of carbonyl (C=O) groups is 1. The third-order valence-corrected chi connectivity index (χ3v) is 2.58. The highest BCUT2D eigenvalue weighted by Crippen LogP contribution is 2.23. The Balaban J connectivity index is 2.30. The van der Waals surface area contributed by atoms with Crippen LogP contribution < -0.4 is 0 Å². The van der Waals surface area contributed by atoms with E-state index in [4.69, 9.17) is 6.42 Å². The van der Waals surface area contributed by atoms with Gasteiger partial charge in [-0.25, -0.2) is 0 Å². The maximum absolute atomic E-state index is 11.4. The molecule has 1 atom stereocenters. The normalized spacial score (nSPS) is 20.0. The first-order valence-corrected chi connectivity index (χ1v) is 4.53. The fraction of sp³-hybridized carbons (Fsp3) is 0.400. The van der Waals surface area contributed by atoms with Gasteiger partial charge in [0.25, 0.3) is 5.91 Å². The van der Waals surface area contributed by atoms with E-state index in [1.54, 1.807) is 11.1 Å². The van der Waals surface area contributed by atoms with Crippen molar-refractivity contribution in [3.8, 4) is 12.3 Å². The Bertz CT molecular complexity index is 402. The minimum Gasteiger partial charge on any atom is -0.322 e. The lowest BCUT2D eigenvalue weighted by atomic mass is 10.1. The summed E-state index contributed by atoms with van der Waals surface area (Å²) >= 11 is 0. The van der Waals surface area contributed by atoms with Crippen molar-refractivity contribution in [1.29, 1.82) is 0 Å². The molecule has 1 aliphatic heterocycles. The van der Waals surface area contributed by atoms with Crippen LogP contribution in [-0.2, 0) is 11.3 Å². The van der Waals surface area contributed by atoms with Gasteiger partial charge in [0.05, 0.1) is 18.3 Å². The van der Waals surface area contributed by atoms with Crippen LogP contribution in [0.25, 0.3) is 0 Å². The first kappa shape index (κ1) is 8.82. The monoisotopic (exact) mass is 189 g/mol. The van der Waals surface area contributed by atoms with Gasteiger partial charge >= 0.3 is 0 Å². The number of carbonyl (C=O) groups excluding carboxylic acids is 1. The zero-order valence-electron chi connectivity index (χ0n) is 7.97. The molecule has 1 amide bonds. The molecule has 2 heterocycles. The van der Waals surface area contributed by atoms with Gasteiger partial charge in [-0.1, -0.05) is 0 Å². The number of aromatic nitrogens is 2. The predicted octanol–water partition coefficient (Wildman–Crippen LogP) is 0.419. The summed E-state index contributed by atoms with van der Waals surface area (Å²) in [5.74, 6) is 1.90. The average Bonchev–Trinajstić information content (AvgIpc) is 2.66. The Hall–Kier alpha value is -1.76. The van der Waals surface area contributed by atoms with Crippen molar-refractivity contribution in [1.82, 2.24) is 14.7 Å². The van der Waals surface area contributed by atoms with E-state index in [1.807, 2.05) is 17.7 Å². The van der Waals surface area contributed by atoms with Crippen molar-refractivity contribution in [2.45, 2.75) is 19.5 Å². The number of hydrogen-bond donors (Lipinski definition) is 0. The lowest BCUT2D eigenvalue weighted by Crippen LogP contribution is -2.40. The van der Waals surface area contributed by atoms with E-state index >= 15 is 0 Å². The summed E-state index contributed by atoms with van der Waals surface area (Å²) in [5, 5.41) is 4.15. The van der Waals surface area contributed by atoms with Gasteiger partial charge < -0.3 is 4.90 Å². The second kappa shape index (κ2) is 3.18. The molecule has 0 aromatic carbocycles. The van der Waals surface area contributed by atoms with Gasteiger partial charge in [0.2, 0.25) is 0 Å². The van der Waals surface area contributed by atoms with E-state index in [0.29, 0.717) is 6.54 Å². The van der Waals surface area contributed by atoms with Gasteiger partial charge in [-0.3, -0.25) is 9.48 Å². The summed E-state index contributed by atoms with van der Waals surface area (Å²) in [5.41, 5.74) is 1.04. The van der Waals surface area contributed by atoms with E-state index in [-0.39, 0.29) is 11.9 Å². The molecule has 1 aliphatic rings. The SMILES string of the molecule is C#CC(=O)N1CCn2nccc2C1C. The van der Waals surface area contributed by atoms with Crippen LogP contribution in [0.1, 0.15) is 18.7 Å². The molecule has 4 nitrogen and oxygen atoms in total. The second-order valence-corrected chi connectivity index (χ2v) is 3.30. The lowest BCUT2D eigenvalue weighted by molar-refractivity contribution is -0.128. The van der Waals surface area contributed by atoms with Gasteiger partial charge in [-0.15, -0.1) is 6.42 Å². The van der Waals surface area contributed by atoms with Crippen molar-refractivity contribution in [2.24, 2.45) is 0 Å². The number of amides is 1. The molecule has 0 aliphatic carbocycles. The van der Waals surface area contributed by atoms with Crippen LogP contribution in [0.4, 0.5) is 0 Å². The highest BCUT2D eigenvalue weighted by atomic mass is 16.2. The minimum atomic E-state index is -0.245. The predicted molar refractivity (Wildman–Crippen MR) is 51.2 cm³/mol. The van der Waals surface area contributed by atoms with Crippen molar-refractivity contribution < 1.29 is 4.79 Å². The molecule has 0 N–H and O–H groups in total. The summed E-state index contributed by atoms with van der Waals surface area (Å²) in [4.78, 5) is 13.1. The zero-order valence-corrected chi connectivity index (χ0v) is 7.97. The molecule has 0 saturated carbocycles. The summed E-state index contributed by atoms with van der Waals surface area (Å²) in [7, 11) is 0. The van der Waals surface area contributed by atoms with Crippen LogP contribution in [0, 0.1) is 12.3 Å². The Morgan fingerprint density at radius 1 is 1.71 bits per heavy atom. The number of terminal acetylenes is 1. The number of fused-ring (bicyclic) bond motifs is 1. The van der Waals surface area contributed by atoms with Crippen molar-refractivity contribution in [2.75, 3.05) is 6.54 Å². The Labute approximate surface area is 82.5 Å². The van der Waals surface area contributed by atoms with Gasteiger partial charge in [0, 0.05) is 12.7 Å². The highest BCUT2D eigenvalue weighted by molar-refractivity contribution is 5.93. The molecule has 2 rings (SSSR count). The Kier molecular flexibility index (Phi) is 2.01. The van der Waals surface area contributed by atoms with Crippen LogP contribution in [-0.4, -0.2) is 27.1 Å². The summed E-state index contributed by atoms with van der Waals surface area (Å²) in [6.45, 7) is 3.32. The van der Waals surface area contributed by atoms with E-state index in [2.05, 4.69) is 11.0 Å². The molecule has 1 unspecified atom stereocenters. The smallest absolute Gasteiger partial charge is 0.298 e. The van der Waals surface area contributed by atoms with E-state index in [9.17, 15) is 4.79 Å². The molecule has 14 heavy (non-hydrogen) atoms. The molecular formula is C10H11N3O. The summed E-state index contributed by atoms with van der Waals surface area (Å²) in [6, 6.07) is 1.94. The maximum atomic E-state index is 11.4. The Morgan fingerprint density at radius 2 is 2.50 bits per heavy atom. The first-order chi connectivity index (χ1) is 6.74. The minimum absolute atomic E-state index is 0.0230. The molecule has 0 spiro atoms. The molecule has 0 radical (unpaired) electrons.